The van der Waals surface area contributed by atoms with Crippen molar-refractivity contribution in [2.75, 3.05) is 20.2 Å². The molecule has 13 atom stereocenters. The summed E-state index contributed by atoms with van der Waals surface area (Å²) in [6.07, 6.45) is -11.0. The molecule has 19 heteroatoms. The van der Waals surface area contributed by atoms with E-state index < -0.39 is 85.2 Å². The van der Waals surface area contributed by atoms with Gasteiger partial charge in [-0.1, -0.05) is 0 Å². The number of nitrogens with one attached hydrogen (secondary N) is 1. The summed E-state index contributed by atoms with van der Waals surface area (Å²) < 4.78 is 23.0. The van der Waals surface area contributed by atoms with Gasteiger partial charge < -0.3 is 88.1 Å². The fraction of sp³-hybridized carbons (Fsp3) is 0.905. The van der Waals surface area contributed by atoms with Crippen LogP contribution in [0.25, 0.3) is 0 Å². The molecule has 19 nitrogen and oxygen atoms in total. The summed E-state index contributed by atoms with van der Waals surface area (Å²) in [5.74, 6) is 0. The van der Waals surface area contributed by atoms with Gasteiger partial charge >= 0.3 is 12.3 Å². The Bertz CT molecular complexity index is 777. The maximum Gasteiger partial charge on any atom is 0.503 e. The number of hydrogen-bond donors (Lipinski definition) is 13. The third-order valence-electron chi connectivity index (χ3n) is 6.71. The Morgan fingerprint density at radius 1 is 0.900 bits per heavy atom. The van der Waals surface area contributed by atoms with Gasteiger partial charge in [-0.2, -0.15) is 0 Å². The normalized spacial score (nSPS) is 43.4. The molecule has 2 saturated heterocycles. The van der Waals surface area contributed by atoms with Gasteiger partial charge in [-0.05, 0) is 26.8 Å². The van der Waals surface area contributed by atoms with Crippen molar-refractivity contribution < 1.29 is 69.4 Å². The molecule has 1 aliphatic carbocycles. The molecule has 0 radical (unpaired) electrons. The second kappa shape index (κ2) is 15.9. The molecule has 3 fully saturated rings. The lowest BCUT2D eigenvalue weighted by Gasteiger charge is -2.49. The Hall–Kier alpha value is -1.98. The zero-order valence-corrected chi connectivity index (χ0v) is 22.1. The third kappa shape index (κ3) is 9.83. The summed E-state index contributed by atoms with van der Waals surface area (Å²) in [6.45, 7) is 1.67. The number of aliphatic hydroxyl groups is 4. The van der Waals surface area contributed by atoms with Crippen LogP contribution in [-0.4, -0.2) is 152 Å². The molecule has 0 aromatic heterocycles. The van der Waals surface area contributed by atoms with Crippen molar-refractivity contribution in [1.82, 2.24) is 5.32 Å². The van der Waals surface area contributed by atoms with Crippen molar-refractivity contribution in [3.05, 3.63) is 0 Å². The summed E-state index contributed by atoms with van der Waals surface area (Å²) in [6, 6.07) is -3.37. The molecule has 1 saturated carbocycles. The zero-order chi connectivity index (χ0) is 30.9. The van der Waals surface area contributed by atoms with E-state index in [0.717, 1.165) is 0 Å². The first kappa shape index (κ1) is 36.0. The van der Waals surface area contributed by atoms with Crippen molar-refractivity contribution in [2.24, 2.45) is 22.9 Å². The maximum absolute atomic E-state index is 11.0. The first-order valence-electron chi connectivity index (χ1n) is 12.3. The average Bonchev–Trinajstić information content (AvgIpc) is 2.85. The Kier molecular flexibility index (Phi) is 14.3. The van der Waals surface area contributed by atoms with Gasteiger partial charge in [0, 0.05) is 6.54 Å². The van der Waals surface area contributed by atoms with Gasteiger partial charge in [-0.25, -0.2) is 9.59 Å². The Morgan fingerprint density at radius 3 is 1.82 bits per heavy atom. The Balaban J connectivity index is 0.000000883. The smallest absolute Gasteiger partial charge is 0.450 e. The van der Waals surface area contributed by atoms with Crippen LogP contribution in [0.15, 0.2) is 0 Å². The number of carbonyl (C=O) groups is 2. The lowest BCUT2D eigenvalue weighted by atomic mass is 9.81. The molecule has 2 heterocycles. The SMILES string of the molecule is CN[C@@H]1[C@@H](O)[C@@H](O[C@H]2[C@H](N)[C@@H](O)[C@H](N)[C@@H](O[C@H]3O[C@H](CN)CC[C@H]3N)[C@@H]2O)OC[C@]1(C)O.O=C(O)O.O=C(O)O. The number of rotatable bonds is 6. The molecule has 0 spiro atoms. The topological polar surface area (TPSA) is 349 Å². The Labute approximate surface area is 229 Å². The lowest BCUT2D eigenvalue weighted by molar-refractivity contribution is -0.312. The predicted molar refractivity (Wildman–Crippen MR) is 133 cm³/mol. The number of aliphatic hydroxyl groups excluding tert-OH is 3. The maximum atomic E-state index is 11.0. The zero-order valence-electron chi connectivity index (χ0n) is 22.1. The van der Waals surface area contributed by atoms with Gasteiger partial charge in [0.05, 0.1) is 43.0 Å². The van der Waals surface area contributed by atoms with E-state index in [0.29, 0.717) is 19.4 Å². The highest BCUT2D eigenvalue weighted by Gasteiger charge is 2.53. The second-order valence-electron chi connectivity index (χ2n) is 9.80. The lowest BCUT2D eigenvalue weighted by Crippen LogP contribution is -2.72. The second-order valence-corrected chi connectivity index (χ2v) is 9.80. The minimum absolute atomic E-state index is 0.133. The van der Waals surface area contributed by atoms with Crippen LogP contribution in [0, 0.1) is 0 Å². The Morgan fingerprint density at radius 2 is 1.38 bits per heavy atom. The molecule has 0 bridgehead atoms. The summed E-state index contributed by atoms with van der Waals surface area (Å²) in [4.78, 5) is 17.1. The molecule has 17 N–H and O–H groups in total. The molecular formula is C21H43N5O14. The fourth-order valence-corrected chi connectivity index (χ4v) is 4.68. The summed E-state index contributed by atoms with van der Waals surface area (Å²) >= 11 is 0. The minimum atomic E-state index is -1.83. The highest BCUT2D eigenvalue weighted by Crippen LogP contribution is 2.31. The van der Waals surface area contributed by atoms with E-state index in [2.05, 4.69) is 5.32 Å². The molecule has 0 amide bonds. The minimum Gasteiger partial charge on any atom is -0.450 e. The standard InChI is InChI=1S/C19H39N5O8.2CH2O3/c1-19(28)6-29-18(13(27)16(19)24-2)32-15-10(23)11(25)9(22)14(12(15)26)31-17-8(21)4-3-7(5-20)30-17;2*2-1(3)4/h7-18,24-28H,3-6,20-23H2,1-2H3;2*(H2,2,3,4)/t7-,8+,9-,10+,11-,12-,13+,14+,15-,16+,17+,18+,19-;;/m0../s1. The van der Waals surface area contributed by atoms with E-state index in [1.165, 1.54) is 6.92 Å². The van der Waals surface area contributed by atoms with Crippen molar-refractivity contribution in [3.63, 3.8) is 0 Å². The van der Waals surface area contributed by atoms with Crippen LogP contribution in [0.4, 0.5) is 9.59 Å². The van der Waals surface area contributed by atoms with Gasteiger partial charge in [-0.3, -0.25) is 0 Å². The molecule has 0 aromatic carbocycles. The molecular weight excluding hydrogens is 546 g/mol. The first-order chi connectivity index (χ1) is 18.5. The van der Waals surface area contributed by atoms with Crippen LogP contribution < -0.4 is 28.3 Å². The highest BCUT2D eigenvalue weighted by molar-refractivity contribution is 5.53. The van der Waals surface area contributed by atoms with Crippen molar-refractivity contribution >= 4 is 12.3 Å². The molecule has 3 rings (SSSR count). The fourth-order valence-electron chi connectivity index (χ4n) is 4.68. The van der Waals surface area contributed by atoms with Gasteiger partial charge in [0.1, 0.15) is 30.0 Å². The van der Waals surface area contributed by atoms with Crippen LogP contribution in [-0.2, 0) is 18.9 Å². The summed E-state index contributed by atoms with van der Waals surface area (Å²) in [7, 11) is 1.58. The van der Waals surface area contributed by atoms with E-state index in [1.54, 1.807) is 7.05 Å². The van der Waals surface area contributed by atoms with Crippen LogP contribution in [0.5, 0.6) is 0 Å². The van der Waals surface area contributed by atoms with Gasteiger partial charge in [0.25, 0.3) is 0 Å². The predicted octanol–water partition coefficient (Wildman–Crippen LogP) is -4.56. The van der Waals surface area contributed by atoms with Crippen molar-refractivity contribution in [3.8, 4) is 0 Å². The van der Waals surface area contributed by atoms with Crippen LogP contribution >= 0.6 is 0 Å². The summed E-state index contributed by atoms with van der Waals surface area (Å²) in [5.41, 5.74) is 22.7. The van der Waals surface area contributed by atoms with E-state index in [9.17, 15) is 20.4 Å². The molecule has 236 valence electrons. The quantitative estimate of drug-likeness (QED) is 0.138. The van der Waals surface area contributed by atoms with Crippen LogP contribution in [0.2, 0.25) is 0 Å². The average molecular weight is 590 g/mol. The van der Waals surface area contributed by atoms with E-state index in [1.807, 2.05) is 0 Å². The van der Waals surface area contributed by atoms with Crippen LogP contribution in [0.1, 0.15) is 19.8 Å². The van der Waals surface area contributed by atoms with Gasteiger partial charge in [-0.15, -0.1) is 0 Å². The summed E-state index contributed by atoms with van der Waals surface area (Å²) in [5, 5.41) is 73.4. The van der Waals surface area contributed by atoms with E-state index in [-0.39, 0.29) is 12.7 Å². The van der Waals surface area contributed by atoms with Gasteiger partial charge in [0.15, 0.2) is 12.6 Å². The number of ether oxygens (including phenoxy) is 4. The molecule has 2 aliphatic heterocycles. The van der Waals surface area contributed by atoms with Crippen molar-refractivity contribution in [1.29, 1.82) is 0 Å². The molecule has 40 heavy (non-hydrogen) atoms. The number of carboxylic acid groups (broad SMARTS) is 4. The molecule has 3 aliphatic rings. The van der Waals surface area contributed by atoms with Crippen molar-refractivity contribution in [2.45, 2.75) is 98.7 Å². The third-order valence-corrected chi connectivity index (χ3v) is 6.71. The van der Waals surface area contributed by atoms with Crippen LogP contribution in [0.3, 0.4) is 0 Å². The highest BCUT2D eigenvalue weighted by atomic mass is 16.7. The largest absolute Gasteiger partial charge is 0.503 e. The number of nitrogens with two attached hydrogens (primary N) is 4. The number of likely N-dealkylation sites (N-methyl/N-ethyl adjacent to an activating group) is 1. The number of hydrogen-bond acceptors (Lipinski definition) is 15. The van der Waals surface area contributed by atoms with E-state index in [4.69, 9.17) is 71.9 Å². The molecule has 0 unspecified atom stereocenters. The first-order valence-corrected chi connectivity index (χ1v) is 12.3. The monoisotopic (exact) mass is 589 g/mol. The molecule has 0 aromatic rings. The van der Waals surface area contributed by atoms with Gasteiger partial charge in [0.2, 0.25) is 0 Å². The van der Waals surface area contributed by atoms with E-state index >= 15 is 0 Å².